The van der Waals surface area contributed by atoms with Gasteiger partial charge in [-0.15, -0.1) is 23.7 Å². The van der Waals surface area contributed by atoms with Crippen LogP contribution in [0.2, 0.25) is 0 Å². The second kappa shape index (κ2) is 12.0. The molecule has 1 heterocycles. The fraction of sp³-hybridized carbons (Fsp3) is 0.500. The molecule has 2 amide bonds. The number of amides is 2. The lowest BCUT2D eigenvalue weighted by Crippen LogP contribution is -2.48. The second-order valence-corrected chi connectivity index (χ2v) is 8.13. The monoisotopic (exact) mass is 411 g/mol. The number of carbonyl (C=O) groups is 2. The highest BCUT2D eigenvalue weighted by Crippen LogP contribution is 2.25. The first-order chi connectivity index (χ1) is 12.5. The lowest BCUT2D eigenvalue weighted by atomic mass is 10.0. The van der Waals surface area contributed by atoms with E-state index in [0.717, 1.165) is 23.1 Å². The average Bonchev–Trinajstić information content (AvgIpc) is 2.99. The highest BCUT2D eigenvalue weighted by molar-refractivity contribution is 7.19. The Kier molecular flexibility index (Phi) is 10.4. The summed E-state index contributed by atoms with van der Waals surface area (Å²) in [5.41, 5.74) is 5.47. The van der Waals surface area contributed by atoms with Crippen LogP contribution in [-0.2, 0) is 16.0 Å². The summed E-state index contributed by atoms with van der Waals surface area (Å²) in [5.74, 6) is 0.0964. The Labute approximate surface area is 171 Å². The first-order valence-electron chi connectivity index (χ1n) is 9.24. The molecule has 27 heavy (non-hydrogen) atoms. The summed E-state index contributed by atoms with van der Waals surface area (Å²) >= 11 is 1.62. The molecule has 0 unspecified atom stereocenters. The SMILES string of the molecule is CC(C)C[C@H](NC(=O)Cc1cc2ccccc2s1)C(=O)NCCCCN.Cl. The summed E-state index contributed by atoms with van der Waals surface area (Å²) in [6.45, 7) is 5.31. The van der Waals surface area contributed by atoms with Gasteiger partial charge in [0, 0.05) is 16.1 Å². The zero-order valence-corrected chi connectivity index (χ0v) is 17.6. The summed E-state index contributed by atoms with van der Waals surface area (Å²) in [5, 5.41) is 6.97. The molecule has 0 fully saturated rings. The van der Waals surface area contributed by atoms with E-state index in [4.69, 9.17) is 5.73 Å². The predicted octanol–water partition coefficient (Wildman–Crippen LogP) is 3.25. The van der Waals surface area contributed by atoms with E-state index in [1.807, 2.05) is 38.1 Å². The largest absolute Gasteiger partial charge is 0.354 e. The van der Waals surface area contributed by atoms with Crippen LogP contribution in [0.25, 0.3) is 10.1 Å². The van der Waals surface area contributed by atoms with Gasteiger partial charge >= 0.3 is 0 Å². The van der Waals surface area contributed by atoms with Crippen LogP contribution in [0.1, 0.15) is 38.0 Å². The summed E-state index contributed by atoms with van der Waals surface area (Å²) in [6.07, 6.45) is 2.66. The van der Waals surface area contributed by atoms with Gasteiger partial charge in [0.1, 0.15) is 6.04 Å². The number of hydrogen-bond acceptors (Lipinski definition) is 4. The first-order valence-corrected chi connectivity index (χ1v) is 10.1. The number of halogens is 1. The molecule has 0 spiro atoms. The minimum atomic E-state index is -0.491. The van der Waals surface area contributed by atoms with Crippen LogP contribution in [0.15, 0.2) is 30.3 Å². The zero-order valence-electron chi connectivity index (χ0n) is 16.0. The minimum Gasteiger partial charge on any atom is -0.354 e. The molecule has 1 aromatic heterocycles. The lowest BCUT2D eigenvalue weighted by Gasteiger charge is -2.20. The maximum absolute atomic E-state index is 12.5. The van der Waals surface area contributed by atoms with E-state index in [1.165, 1.54) is 4.70 Å². The van der Waals surface area contributed by atoms with Gasteiger partial charge in [0.05, 0.1) is 6.42 Å². The van der Waals surface area contributed by atoms with Crippen LogP contribution in [0.5, 0.6) is 0 Å². The molecule has 0 saturated heterocycles. The van der Waals surface area contributed by atoms with Crippen molar-refractivity contribution in [3.05, 3.63) is 35.2 Å². The molecule has 7 heteroatoms. The van der Waals surface area contributed by atoms with Gasteiger partial charge in [-0.3, -0.25) is 9.59 Å². The first kappa shape index (κ1) is 23.4. The van der Waals surface area contributed by atoms with Crippen LogP contribution in [0.4, 0.5) is 0 Å². The van der Waals surface area contributed by atoms with E-state index >= 15 is 0 Å². The van der Waals surface area contributed by atoms with Crippen molar-refractivity contribution in [1.82, 2.24) is 10.6 Å². The number of thiophene rings is 1. The van der Waals surface area contributed by atoms with Crippen LogP contribution in [-0.4, -0.2) is 30.9 Å². The standard InChI is InChI=1S/C20H29N3O2S.ClH/c1-14(2)11-17(20(25)22-10-6-5-9-21)23-19(24)13-16-12-15-7-3-4-8-18(15)26-16;/h3-4,7-8,12,14,17H,5-6,9-11,13,21H2,1-2H3,(H,22,25)(H,23,24);1H/t17-;/m0./s1. The second-order valence-electron chi connectivity index (χ2n) is 6.96. The van der Waals surface area contributed by atoms with Crippen molar-refractivity contribution in [2.75, 3.05) is 13.1 Å². The summed E-state index contributed by atoms with van der Waals surface area (Å²) in [6, 6.07) is 9.64. The molecule has 4 N–H and O–H groups in total. The maximum Gasteiger partial charge on any atom is 0.242 e. The fourth-order valence-electron chi connectivity index (χ4n) is 2.83. The van der Waals surface area contributed by atoms with Gasteiger partial charge in [0.25, 0.3) is 0 Å². The molecule has 0 radical (unpaired) electrons. The van der Waals surface area contributed by atoms with Gasteiger partial charge in [-0.2, -0.15) is 0 Å². The van der Waals surface area contributed by atoms with Gasteiger partial charge in [-0.05, 0) is 49.2 Å². The molecule has 0 aliphatic carbocycles. The molecule has 5 nitrogen and oxygen atoms in total. The zero-order chi connectivity index (χ0) is 18.9. The number of nitrogens with one attached hydrogen (secondary N) is 2. The van der Waals surface area contributed by atoms with Crippen molar-refractivity contribution in [3.63, 3.8) is 0 Å². The van der Waals surface area contributed by atoms with E-state index in [0.29, 0.717) is 31.8 Å². The van der Waals surface area contributed by atoms with Crippen LogP contribution in [0, 0.1) is 5.92 Å². The van der Waals surface area contributed by atoms with Crippen molar-refractivity contribution in [2.24, 2.45) is 11.7 Å². The number of nitrogens with two attached hydrogens (primary N) is 1. The minimum absolute atomic E-state index is 0. The number of unbranched alkanes of at least 4 members (excludes halogenated alkanes) is 1. The van der Waals surface area contributed by atoms with Gasteiger partial charge in [0.15, 0.2) is 0 Å². The van der Waals surface area contributed by atoms with Crippen molar-refractivity contribution in [3.8, 4) is 0 Å². The van der Waals surface area contributed by atoms with Crippen molar-refractivity contribution in [2.45, 2.75) is 45.6 Å². The summed E-state index contributed by atoms with van der Waals surface area (Å²) < 4.78 is 1.17. The third-order valence-electron chi connectivity index (χ3n) is 4.10. The number of hydrogen-bond donors (Lipinski definition) is 3. The molecule has 0 bridgehead atoms. The lowest BCUT2D eigenvalue weighted by molar-refractivity contribution is -0.129. The quantitative estimate of drug-likeness (QED) is 0.524. The molecule has 0 aliphatic rings. The molecular formula is C20H30ClN3O2S. The maximum atomic E-state index is 12.5. The molecule has 0 saturated carbocycles. The molecule has 150 valence electrons. The van der Waals surface area contributed by atoms with Gasteiger partial charge in [0.2, 0.25) is 11.8 Å². The summed E-state index contributed by atoms with van der Waals surface area (Å²) in [7, 11) is 0. The third-order valence-corrected chi connectivity index (χ3v) is 5.22. The van der Waals surface area contributed by atoms with Crippen LogP contribution < -0.4 is 16.4 Å². The third kappa shape index (κ3) is 7.87. The molecule has 2 rings (SSSR count). The Bertz CT molecular complexity index is 700. The Hall–Kier alpha value is -1.63. The van der Waals surface area contributed by atoms with Crippen molar-refractivity contribution < 1.29 is 9.59 Å². The van der Waals surface area contributed by atoms with E-state index in [2.05, 4.69) is 16.7 Å². The van der Waals surface area contributed by atoms with Gasteiger partial charge in [-0.1, -0.05) is 32.0 Å². The van der Waals surface area contributed by atoms with E-state index in [-0.39, 0.29) is 24.2 Å². The highest BCUT2D eigenvalue weighted by atomic mass is 35.5. The Morgan fingerprint density at radius 2 is 1.93 bits per heavy atom. The average molecular weight is 412 g/mol. The van der Waals surface area contributed by atoms with E-state index < -0.39 is 6.04 Å². The fourth-order valence-corrected chi connectivity index (χ4v) is 3.90. The van der Waals surface area contributed by atoms with E-state index in [9.17, 15) is 9.59 Å². The predicted molar refractivity (Wildman–Crippen MR) is 115 cm³/mol. The normalized spacial score (nSPS) is 11.9. The van der Waals surface area contributed by atoms with Gasteiger partial charge in [-0.25, -0.2) is 0 Å². The highest BCUT2D eigenvalue weighted by Gasteiger charge is 2.22. The van der Waals surface area contributed by atoms with Crippen molar-refractivity contribution >= 4 is 45.6 Å². The topological polar surface area (TPSA) is 84.2 Å². The number of fused-ring (bicyclic) bond motifs is 1. The van der Waals surface area contributed by atoms with Crippen LogP contribution in [0.3, 0.4) is 0 Å². The number of rotatable bonds is 10. The molecule has 2 aromatic rings. The molecular weight excluding hydrogens is 382 g/mol. The number of benzene rings is 1. The number of carbonyl (C=O) groups excluding carboxylic acids is 2. The molecule has 1 aromatic carbocycles. The Morgan fingerprint density at radius 1 is 1.19 bits per heavy atom. The van der Waals surface area contributed by atoms with Crippen molar-refractivity contribution in [1.29, 1.82) is 0 Å². The summed E-state index contributed by atoms with van der Waals surface area (Å²) in [4.78, 5) is 25.9. The molecule has 0 aliphatic heterocycles. The molecule has 1 atom stereocenters. The van der Waals surface area contributed by atoms with E-state index in [1.54, 1.807) is 11.3 Å². The Balaban J connectivity index is 0.00000364. The van der Waals surface area contributed by atoms with Gasteiger partial charge < -0.3 is 16.4 Å². The van der Waals surface area contributed by atoms with Crippen LogP contribution >= 0.6 is 23.7 Å². The smallest absolute Gasteiger partial charge is 0.242 e. The Morgan fingerprint density at radius 3 is 2.59 bits per heavy atom.